The molecule has 3 rings (SSSR count). The number of halogens is 1. The molecule has 1 saturated heterocycles. The van der Waals surface area contributed by atoms with E-state index in [1.807, 2.05) is 0 Å². The second-order valence-corrected chi connectivity index (χ2v) is 5.03. The standard InChI is InChI=1S/C12H13BrN2O/c1-8-2-3-10-14-11(9-4-5-16-7-9)12(13)15(10)6-8/h2-3,6,9H,4-5,7H2,1H3. The Labute approximate surface area is 103 Å². The van der Waals surface area contributed by atoms with E-state index < -0.39 is 0 Å². The SMILES string of the molecule is Cc1ccc2nc(C3CCOC3)c(Br)n2c1. The predicted octanol–water partition coefficient (Wildman–Crippen LogP) is 2.91. The van der Waals surface area contributed by atoms with E-state index >= 15 is 0 Å². The van der Waals surface area contributed by atoms with E-state index in [0.29, 0.717) is 5.92 Å². The Bertz CT molecular complexity index is 529. The molecule has 1 unspecified atom stereocenters. The van der Waals surface area contributed by atoms with Crippen LogP contribution in [0.15, 0.2) is 22.9 Å². The molecule has 1 aliphatic heterocycles. The van der Waals surface area contributed by atoms with Gasteiger partial charge < -0.3 is 4.74 Å². The summed E-state index contributed by atoms with van der Waals surface area (Å²) in [5, 5.41) is 0. The first-order valence-electron chi connectivity index (χ1n) is 5.47. The Morgan fingerprint density at radius 3 is 3.12 bits per heavy atom. The molecule has 0 aromatic carbocycles. The first-order valence-corrected chi connectivity index (χ1v) is 6.27. The molecule has 1 aliphatic rings. The smallest absolute Gasteiger partial charge is 0.137 e. The minimum Gasteiger partial charge on any atom is -0.381 e. The van der Waals surface area contributed by atoms with Crippen molar-refractivity contribution in [2.45, 2.75) is 19.3 Å². The highest BCUT2D eigenvalue weighted by atomic mass is 79.9. The number of aryl methyl sites for hydroxylation is 1. The normalized spacial score (nSPS) is 20.8. The zero-order valence-electron chi connectivity index (χ0n) is 9.11. The molecule has 2 aromatic heterocycles. The molecule has 84 valence electrons. The number of pyridine rings is 1. The van der Waals surface area contributed by atoms with Gasteiger partial charge in [-0.3, -0.25) is 4.40 Å². The molecule has 0 amide bonds. The molecular formula is C12H13BrN2O. The summed E-state index contributed by atoms with van der Waals surface area (Å²) in [6.07, 6.45) is 3.17. The van der Waals surface area contributed by atoms with Gasteiger partial charge in [-0.2, -0.15) is 0 Å². The Hall–Kier alpha value is -0.870. The van der Waals surface area contributed by atoms with Gasteiger partial charge in [0.15, 0.2) is 0 Å². The lowest BCUT2D eigenvalue weighted by molar-refractivity contribution is 0.193. The van der Waals surface area contributed by atoms with Crippen LogP contribution in [0.5, 0.6) is 0 Å². The highest BCUT2D eigenvalue weighted by molar-refractivity contribution is 9.10. The number of imidazole rings is 1. The summed E-state index contributed by atoms with van der Waals surface area (Å²) in [7, 11) is 0. The van der Waals surface area contributed by atoms with E-state index in [2.05, 4.69) is 50.6 Å². The zero-order chi connectivity index (χ0) is 11.1. The third-order valence-electron chi connectivity index (χ3n) is 3.05. The molecule has 4 heteroatoms. The molecule has 0 aliphatic carbocycles. The fourth-order valence-corrected chi connectivity index (χ4v) is 2.85. The van der Waals surface area contributed by atoms with Crippen LogP contribution < -0.4 is 0 Å². The molecule has 16 heavy (non-hydrogen) atoms. The fraction of sp³-hybridized carbons (Fsp3) is 0.417. The van der Waals surface area contributed by atoms with Crippen LogP contribution in [0.2, 0.25) is 0 Å². The van der Waals surface area contributed by atoms with Crippen LogP contribution in [0.4, 0.5) is 0 Å². The molecule has 0 radical (unpaired) electrons. The first kappa shape index (κ1) is 10.3. The lowest BCUT2D eigenvalue weighted by Crippen LogP contribution is -1.98. The highest BCUT2D eigenvalue weighted by Gasteiger charge is 2.23. The van der Waals surface area contributed by atoms with Crippen LogP contribution in [-0.2, 0) is 4.74 Å². The van der Waals surface area contributed by atoms with Gasteiger partial charge in [0.25, 0.3) is 0 Å². The highest BCUT2D eigenvalue weighted by Crippen LogP contribution is 2.31. The van der Waals surface area contributed by atoms with Crippen LogP contribution in [0.1, 0.15) is 23.6 Å². The van der Waals surface area contributed by atoms with Crippen molar-refractivity contribution >= 4 is 21.6 Å². The Balaban J connectivity index is 2.15. The number of nitrogens with zero attached hydrogens (tertiary/aromatic N) is 2. The van der Waals surface area contributed by atoms with Gasteiger partial charge in [0.2, 0.25) is 0 Å². The molecule has 1 atom stereocenters. The molecule has 0 N–H and O–H groups in total. The van der Waals surface area contributed by atoms with Gasteiger partial charge in [-0.15, -0.1) is 0 Å². The second kappa shape index (κ2) is 3.86. The van der Waals surface area contributed by atoms with Crippen molar-refractivity contribution < 1.29 is 4.74 Å². The maximum atomic E-state index is 5.42. The van der Waals surface area contributed by atoms with Gasteiger partial charge in [0, 0.05) is 18.7 Å². The van der Waals surface area contributed by atoms with E-state index in [4.69, 9.17) is 4.74 Å². The average molecular weight is 281 g/mol. The molecule has 3 nitrogen and oxygen atoms in total. The van der Waals surface area contributed by atoms with Crippen molar-refractivity contribution in [2.75, 3.05) is 13.2 Å². The quantitative estimate of drug-likeness (QED) is 0.803. The summed E-state index contributed by atoms with van der Waals surface area (Å²) in [5.41, 5.74) is 3.36. The van der Waals surface area contributed by atoms with Crippen LogP contribution >= 0.6 is 15.9 Å². The molecule has 0 bridgehead atoms. The molecule has 1 fully saturated rings. The largest absolute Gasteiger partial charge is 0.381 e. The summed E-state index contributed by atoms with van der Waals surface area (Å²) < 4.78 is 8.59. The third-order valence-corrected chi connectivity index (χ3v) is 3.84. The number of hydrogen-bond donors (Lipinski definition) is 0. The van der Waals surface area contributed by atoms with E-state index in [-0.39, 0.29) is 0 Å². The number of aromatic nitrogens is 2. The molecule has 3 heterocycles. The van der Waals surface area contributed by atoms with Gasteiger partial charge in [0.1, 0.15) is 10.3 Å². The van der Waals surface area contributed by atoms with E-state index in [1.165, 1.54) is 5.56 Å². The van der Waals surface area contributed by atoms with Crippen LogP contribution in [0, 0.1) is 6.92 Å². The van der Waals surface area contributed by atoms with Crippen LogP contribution in [0.3, 0.4) is 0 Å². The van der Waals surface area contributed by atoms with E-state index in [9.17, 15) is 0 Å². The van der Waals surface area contributed by atoms with Gasteiger partial charge >= 0.3 is 0 Å². The maximum absolute atomic E-state index is 5.42. The molecule has 0 saturated carbocycles. The summed E-state index contributed by atoms with van der Waals surface area (Å²) in [5.74, 6) is 0.439. The van der Waals surface area contributed by atoms with Gasteiger partial charge in [0.05, 0.1) is 12.3 Å². The molecule has 0 spiro atoms. The van der Waals surface area contributed by atoms with Gasteiger partial charge in [-0.25, -0.2) is 4.98 Å². The Morgan fingerprint density at radius 1 is 1.50 bits per heavy atom. The van der Waals surface area contributed by atoms with E-state index in [1.54, 1.807) is 0 Å². The van der Waals surface area contributed by atoms with Crippen molar-refractivity contribution in [3.63, 3.8) is 0 Å². The topological polar surface area (TPSA) is 26.5 Å². The van der Waals surface area contributed by atoms with Crippen molar-refractivity contribution in [3.8, 4) is 0 Å². The number of rotatable bonds is 1. The average Bonchev–Trinajstić information content (AvgIpc) is 2.87. The Morgan fingerprint density at radius 2 is 2.38 bits per heavy atom. The minimum absolute atomic E-state index is 0.439. The van der Waals surface area contributed by atoms with Gasteiger partial charge in [-0.05, 0) is 40.9 Å². The summed E-state index contributed by atoms with van der Waals surface area (Å²) in [6, 6.07) is 4.14. The fourth-order valence-electron chi connectivity index (χ4n) is 2.15. The Kier molecular flexibility index (Phi) is 2.48. The summed E-state index contributed by atoms with van der Waals surface area (Å²) >= 11 is 3.64. The van der Waals surface area contributed by atoms with Crippen LogP contribution in [-0.4, -0.2) is 22.6 Å². The number of ether oxygens (including phenoxy) is 1. The summed E-state index contributed by atoms with van der Waals surface area (Å²) in [4.78, 5) is 4.67. The molecule has 2 aromatic rings. The van der Waals surface area contributed by atoms with Crippen molar-refractivity contribution in [1.82, 2.24) is 9.38 Å². The zero-order valence-corrected chi connectivity index (χ0v) is 10.7. The van der Waals surface area contributed by atoms with Crippen molar-refractivity contribution in [3.05, 3.63) is 34.2 Å². The van der Waals surface area contributed by atoms with Crippen molar-refractivity contribution in [1.29, 1.82) is 0 Å². The van der Waals surface area contributed by atoms with E-state index in [0.717, 1.165) is 35.6 Å². The lowest BCUT2D eigenvalue weighted by atomic mass is 10.1. The first-order chi connectivity index (χ1) is 7.75. The van der Waals surface area contributed by atoms with Gasteiger partial charge in [-0.1, -0.05) is 6.07 Å². The predicted molar refractivity (Wildman–Crippen MR) is 65.8 cm³/mol. The summed E-state index contributed by atoms with van der Waals surface area (Å²) in [6.45, 7) is 3.73. The second-order valence-electron chi connectivity index (χ2n) is 4.28. The number of hydrogen-bond acceptors (Lipinski definition) is 2. The number of fused-ring (bicyclic) bond motifs is 1. The third kappa shape index (κ3) is 1.57. The van der Waals surface area contributed by atoms with Crippen molar-refractivity contribution in [2.24, 2.45) is 0 Å². The maximum Gasteiger partial charge on any atom is 0.137 e. The van der Waals surface area contributed by atoms with Crippen LogP contribution in [0.25, 0.3) is 5.65 Å². The monoisotopic (exact) mass is 280 g/mol. The molecular weight excluding hydrogens is 268 g/mol. The lowest BCUT2D eigenvalue weighted by Gasteiger charge is -2.03. The minimum atomic E-state index is 0.439.